The summed E-state index contributed by atoms with van der Waals surface area (Å²) in [5, 5.41) is 0. The Morgan fingerprint density at radius 3 is 2.58 bits per heavy atom. The third kappa shape index (κ3) is 3.43. The van der Waals surface area contributed by atoms with E-state index in [2.05, 4.69) is 13.2 Å². The van der Waals surface area contributed by atoms with Crippen LogP contribution < -0.4 is 0 Å². The van der Waals surface area contributed by atoms with Gasteiger partial charge in [-0.3, -0.25) is 0 Å². The lowest BCUT2D eigenvalue weighted by Gasteiger charge is -2.25. The number of fused-ring (bicyclic) bond motifs is 1. The van der Waals surface area contributed by atoms with Gasteiger partial charge in [-0.05, 0) is 13.8 Å². The minimum Gasteiger partial charge on any atom is -0.375 e. The first-order valence-electron chi connectivity index (χ1n) is 6.49. The molecule has 2 fully saturated rings. The molecule has 2 heterocycles. The molecule has 19 heavy (non-hydrogen) atoms. The summed E-state index contributed by atoms with van der Waals surface area (Å²) in [7, 11) is 0. The van der Waals surface area contributed by atoms with Gasteiger partial charge in [0, 0.05) is 0 Å². The first kappa shape index (κ1) is 14.7. The normalized spacial score (nSPS) is 36.1. The zero-order valence-corrected chi connectivity index (χ0v) is 11.5. The summed E-state index contributed by atoms with van der Waals surface area (Å²) in [5.74, 6) is -0.641. The van der Waals surface area contributed by atoms with Crippen molar-refractivity contribution in [3.05, 3.63) is 25.3 Å². The monoisotopic (exact) mass is 270 g/mol. The first-order chi connectivity index (χ1) is 9.07. The molecule has 0 aromatic carbocycles. The van der Waals surface area contributed by atoms with E-state index in [1.54, 1.807) is 12.2 Å². The lowest BCUT2D eigenvalue weighted by molar-refractivity contribution is -0.222. The van der Waals surface area contributed by atoms with Crippen molar-refractivity contribution in [3.8, 4) is 0 Å². The van der Waals surface area contributed by atoms with Gasteiger partial charge in [0.1, 0.15) is 18.3 Å². The predicted molar refractivity (Wildman–Crippen MR) is 69.7 cm³/mol. The van der Waals surface area contributed by atoms with Crippen molar-refractivity contribution in [2.75, 3.05) is 19.8 Å². The lowest BCUT2D eigenvalue weighted by atomic mass is 10.1. The van der Waals surface area contributed by atoms with E-state index >= 15 is 0 Å². The zero-order chi connectivity index (χ0) is 13.9. The molecule has 2 aliphatic heterocycles. The molecule has 0 bridgehead atoms. The minimum atomic E-state index is -0.641. The minimum absolute atomic E-state index is 0.203. The largest absolute Gasteiger partial charge is 0.375 e. The van der Waals surface area contributed by atoms with Crippen LogP contribution in [0.1, 0.15) is 13.8 Å². The van der Waals surface area contributed by atoms with Crippen molar-refractivity contribution in [2.24, 2.45) is 0 Å². The number of ether oxygens (including phenoxy) is 5. The van der Waals surface area contributed by atoms with Crippen LogP contribution in [0.5, 0.6) is 0 Å². The first-order valence-corrected chi connectivity index (χ1v) is 6.49. The molecule has 108 valence electrons. The number of hydrogen-bond acceptors (Lipinski definition) is 5. The van der Waals surface area contributed by atoms with Crippen molar-refractivity contribution < 1.29 is 23.7 Å². The van der Waals surface area contributed by atoms with Crippen molar-refractivity contribution in [1.82, 2.24) is 0 Å². The maximum absolute atomic E-state index is 5.84. The van der Waals surface area contributed by atoms with Gasteiger partial charge >= 0.3 is 0 Å². The number of rotatable bonds is 7. The Morgan fingerprint density at radius 1 is 1.16 bits per heavy atom. The average molecular weight is 270 g/mol. The van der Waals surface area contributed by atoms with E-state index in [9.17, 15) is 0 Å². The standard InChI is InChI=1S/C14H22O5/c1-5-7-15-9-10-11(16-8-6-2)12-13(17-10)19-14(3,4)18-12/h5-6,10-13H,1-2,7-9H2,3-4H3/t10-,11+,12-,13-/m1/s1. The predicted octanol–water partition coefficient (Wildman–Crippen LogP) is 1.64. The van der Waals surface area contributed by atoms with Gasteiger partial charge in [-0.1, -0.05) is 12.2 Å². The van der Waals surface area contributed by atoms with E-state index in [0.717, 1.165) is 0 Å². The summed E-state index contributed by atoms with van der Waals surface area (Å²) in [4.78, 5) is 0. The van der Waals surface area contributed by atoms with E-state index in [0.29, 0.717) is 19.8 Å². The van der Waals surface area contributed by atoms with Gasteiger partial charge in [0.2, 0.25) is 0 Å². The molecule has 2 rings (SSSR count). The average Bonchev–Trinajstić information content (AvgIpc) is 2.79. The van der Waals surface area contributed by atoms with Crippen LogP contribution in [0.3, 0.4) is 0 Å². The van der Waals surface area contributed by atoms with Crippen LogP contribution in [0.15, 0.2) is 25.3 Å². The van der Waals surface area contributed by atoms with E-state index < -0.39 is 12.1 Å². The quantitative estimate of drug-likeness (QED) is 0.520. The summed E-state index contributed by atoms with van der Waals surface area (Å²) in [5.41, 5.74) is 0. The van der Waals surface area contributed by atoms with Gasteiger partial charge in [0.25, 0.3) is 0 Å². The molecule has 0 radical (unpaired) electrons. The fourth-order valence-electron chi connectivity index (χ4n) is 2.33. The van der Waals surface area contributed by atoms with Gasteiger partial charge in [-0.2, -0.15) is 0 Å². The van der Waals surface area contributed by atoms with Gasteiger partial charge in [-0.15, -0.1) is 13.2 Å². The van der Waals surface area contributed by atoms with Crippen LogP contribution in [-0.4, -0.2) is 50.2 Å². The van der Waals surface area contributed by atoms with Crippen molar-refractivity contribution in [2.45, 2.75) is 44.2 Å². The molecule has 4 atom stereocenters. The van der Waals surface area contributed by atoms with E-state index in [4.69, 9.17) is 23.7 Å². The van der Waals surface area contributed by atoms with Crippen LogP contribution in [-0.2, 0) is 23.7 Å². The molecule has 0 aliphatic carbocycles. The van der Waals surface area contributed by atoms with Crippen molar-refractivity contribution in [1.29, 1.82) is 0 Å². The Morgan fingerprint density at radius 2 is 1.89 bits per heavy atom. The number of hydrogen-bond donors (Lipinski definition) is 0. The van der Waals surface area contributed by atoms with Crippen molar-refractivity contribution in [3.63, 3.8) is 0 Å². The third-order valence-corrected chi connectivity index (χ3v) is 3.01. The second kappa shape index (κ2) is 6.15. The Labute approximate surface area is 114 Å². The van der Waals surface area contributed by atoms with Crippen molar-refractivity contribution >= 4 is 0 Å². The zero-order valence-electron chi connectivity index (χ0n) is 11.5. The molecule has 0 saturated carbocycles. The van der Waals surface area contributed by atoms with Crippen LogP contribution in [0.4, 0.5) is 0 Å². The summed E-state index contributed by atoms with van der Waals surface area (Å²) < 4.78 is 28.5. The summed E-state index contributed by atoms with van der Waals surface area (Å²) in [6, 6.07) is 0. The lowest BCUT2D eigenvalue weighted by Crippen LogP contribution is -2.39. The Balaban J connectivity index is 1.97. The van der Waals surface area contributed by atoms with Crippen LogP contribution >= 0.6 is 0 Å². The van der Waals surface area contributed by atoms with Gasteiger partial charge < -0.3 is 23.7 Å². The molecule has 5 heteroatoms. The van der Waals surface area contributed by atoms with E-state index in [1.165, 1.54) is 0 Å². The van der Waals surface area contributed by atoms with Crippen LogP contribution in [0, 0.1) is 0 Å². The van der Waals surface area contributed by atoms with Gasteiger partial charge in [-0.25, -0.2) is 0 Å². The molecule has 0 amide bonds. The molecule has 2 saturated heterocycles. The maximum Gasteiger partial charge on any atom is 0.190 e. The molecule has 0 unspecified atom stereocenters. The van der Waals surface area contributed by atoms with Gasteiger partial charge in [0.05, 0.1) is 19.8 Å². The Bertz CT molecular complexity index is 328. The molecule has 0 N–H and O–H groups in total. The summed E-state index contributed by atoms with van der Waals surface area (Å²) in [6.45, 7) is 12.3. The Kier molecular flexibility index (Phi) is 4.76. The summed E-state index contributed by atoms with van der Waals surface area (Å²) in [6.07, 6.45) is 2.36. The smallest absolute Gasteiger partial charge is 0.190 e. The highest BCUT2D eigenvalue weighted by atomic mass is 16.8. The highest BCUT2D eigenvalue weighted by Crippen LogP contribution is 2.38. The highest BCUT2D eigenvalue weighted by Gasteiger charge is 2.55. The second-order valence-corrected chi connectivity index (χ2v) is 5.06. The molecule has 0 spiro atoms. The molecule has 0 aromatic heterocycles. The summed E-state index contributed by atoms with van der Waals surface area (Å²) >= 11 is 0. The van der Waals surface area contributed by atoms with E-state index in [1.807, 2.05) is 13.8 Å². The molecule has 5 nitrogen and oxygen atoms in total. The maximum atomic E-state index is 5.84. The fourth-order valence-corrected chi connectivity index (χ4v) is 2.33. The SMILES string of the molecule is C=CCOC[C@H]1O[C@@H]2OC(C)(C)O[C@@H]2[C@H]1OCC=C. The fraction of sp³-hybridized carbons (Fsp3) is 0.714. The van der Waals surface area contributed by atoms with Gasteiger partial charge in [0.15, 0.2) is 12.1 Å². The third-order valence-electron chi connectivity index (χ3n) is 3.01. The second-order valence-electron chi connectivity index (χ2n) is 5.06. The Hall–Kier alpha value is -0.720. The topological polar surface area (TPSA) is 46.2 Å². The van der Waals surface area contributed by atoms with Crippen LogP contribution in [0.2, 0.25) is 0 Å². The van der Waals surface area contributed by atoms with Crippen LogP contribution in [0.25, 0.3) is 0 Å². The molecular formula is C14H22O5. The molecule has 2 aliphatic rings. The van der Waals surface area contributed by atoms with E-state index in [-0.39, 0.29) is 18.3 Å². The molecular weight excluding hydrogens is 248 g/mol. The highest BCUT2D eigenvalue weighted by molar-refractivity contribution is 4.94. The molecule has 0 aromatic rings.